The molecule has 0 amide bonds. The van der Waals surface area contributed by atoms with Gasteiger partial charge in [-0.25, -0.2) is 0 Å². The predicted octanol–water partition coefficient (Wildman–Crippen LogP) is 1.09. The first kappa shape index (κ1) is 8.09. The zero-order valence-corrected chi connectivity index (χ0v) is 7.25. The van der Waals surface area contributed by atoms with E-state index in [0.717, 1.165) is 24.0 Å². The summed E-state index contributed by atoms with van der Waals surface area (Å²) in [7, 11) is 0. The van der Waals surface area contributed by atoms with Gasteiger partial charge in [0.05, 0.1) is 11.6 Å². The number of nitriles is 1. The van der Waals surface area contributed by atoms with Crippen LogP contribution in [0.3, 0.4) is 0 Å². The average molecular weight is 173 g/mol. The fraction of sp³-hybridized carbons (Fsp3) is 0.300. The highest BCUT2D eigenvalue weighted by molar-refractivity contribution is 5.58. The third kappa shape index (κ3) is 1.16. The largest absolute Gasteiger partial charge is 0.398 e. The van der Waals surface area contributed by atoms with Crippen LogP contribution in [-0.2, 0) is 6.42 Å². The van der Waals surface area contributed by atoms with Crippen molar-refractivity contribution in [1.29, 1.82) is 5.26 Å². The third-order valence-corrected chi connectivity index (χ3v) is 2.55. The molecule has 0 aromatic heterocycles. The molecule has 0 saturated carbocycles. The minimum absolute atomic E-state index is 0.0607. The van der Waals surface area contributed by atoms with Gasteiger partial charge in [0.2, 0.25) is 0 Å². The molecule has 3 heteroatoms. The molecule has 0 saturated heterocycles. The summed E-state index contributed by atoms with van der Waals surface area (Å²) in [6.45, 7) is 0. The molecule has 3 nitrogen and oxygen atoms in total. The van der Waals surface area contributed by atoms with Crippen LogP contribution in [-0.4, -0.2) is 0 Å². The summed E-state index contributed by atoms with van der Waals surface area (Å²) in [6.07, 6.45) is 1.88. The number of nitrogen functional groups attached to an aromatic ring is 1. The number of nitrogens with zero attached hydrogens (tertiary/aromatic N) is 1. The number of benzene rings is 1. The molecule has 0 aliphatic heterocycles. The first-order chi connectivity index (χ1) is 6.22. The zero-order valence-electron chi connectivity index (χ0n) is 7.25. The van der Waals surface area contributed by atoms with Crippen LogP contribution in [0.2, 0.25) is 0 Å². The Morgan fingerprint density at radius 1 is 1.46 bits per heavy atom. The minimum Gasteiger partial charge on any atom is -0.398 e. The number of nitrogens with two attached hydrogens (primary N) is 2. The molecule has 66 valence electrons. The zero-order chi connectivity index (χ0) is 9.42. The van der Waals surface area contributed by atoms with E-state index < -0.39 is 0 Å². The van der Waals surface area contributed by atoms with Gasteiger partial charge in [0.1, 0.15) is 0 Å². The summed E-state index contributed by atoms with van der Waals surface area (Å²) in [6, 6.07) is 5.71. The quantitative estimate of drug-likeness (QED) is 0.576. The molecule has 1 aromatic rings. The van der Waals surface area contributed by atoms with Gasteiger partial charge in [-0.05, 0) is 36.1 Å². The second-order valence-corrected chi connectivity index (χ2v) is 3.39. The van der Waals surface area contributed by atoms with Crippen molar-refractivity contribution in [1.82, 2.24) is 0 Å². The Kier molecular flexibility index (Phi) is 1.71. The fourth-order valence-corrected chi connectivity index (χ4v) is 1.86. The first-order valence-corrected chi connectivity index (χ1v) is 4.30. The van der Waals surface area contributed by atoms with E-state index in [1.165, 1.54) is 0 Å². The van der Waals surface area contributed by atoms with Gasteiger partial charge in [0.25, 0.3) is 0 Å². The SMILES string of the molecule is N#Cc1cc(N)c2c(c1)C(N)CC2. The molecule has 13 heavy (non-hydrogen) atoms. The Labute approximate surface area is 77.0 Å². The predicted molar refractivity (Wildman–Crippen MR) is 50.8 cm³/mol. The van der Waals surface area contributed by atoms with Crippen LogP contribution >= 0.6 is 0 Å². The molecule has 1 aliphatic rings. The van der Waals surface area contributed by atoms with Crippen LogP contribution in [0.25, 0.3) is 0 Å². The molecule has 1 aliphatic carbocycles. The van der Waals surface area contributed by atoms with Crippen molar-refractivity contribution in [3.63, 3.8) is 0 Å². The van der Waals surface area contributed by atoms with Gasteiger partial charge in [-0.15, -0.1) is 0 Å². The van der Waals surface area contributed by atoms with Crippen LogP contribution in [0.15, 0.2) is 12.1 Å². The van der Waals surface area contributed by atoms with Gasteiger partial charge >= 0.3 is 0 Å². The van der Waals surface area contributed by atoms with Gasteiger partial charge in [0, 0.05) is 11.7 Å². The van der Waals surface area contributed by atoms with E-state index >= 15 is 0 Å². The lowest BCUT2D eigenvalue weighted by Gasteiger charge is -2.06. The monoisotopic (exact) mass is 173 g/mol. The summed E-state index contributed by atoms with van der Waals surface area (Å²) in [5.74, 6) is 0. The molecule has 0 fully saturated rings. The molecule has 1 unspecified atom stereocenters. The lowest BCUT2D eigenvalue weighted by atomic mass is 10.0. The Hall–Kier alpha value is -1.53. The Morgan fingerprint density at radius 3 is 2.92 bits per heavy atom. The highest BCUT2D eigenvalue weighted by Gasteiger charge is 2.21. The third-order valence-electron chi connectivity index (χ3n) is 2.55. The average Bonchev–Trinajstić information content (AvgIpc) is 2.48. The van der Waals surface area contributed by atoms with Gasteiger partial charge < -0.3 is 11.5 Å². The second-order valence-electron chi connectivity index (χ2n) is 3.39. The van der Waals surface area contributed by atoms with Crippen molar-refractivity contribution in [2.45, 2.75) is 18.9 Å². The first-order valence-electron chi connectivity index (χ1n) is 4.30. The van der Waals surface area contributed by atoms with Crippen LogP contribution in [0, 0.1) is 11.3 Å². The van der Waals surface area contributed by atoms with Gasteiger partial charge in [-0.2, -0.15) is 5.26 Å². The van der Waals surface area contributed by atoms with Crippen molar-refractivity contribution in [2.75, 3.05) is 5.73 Å². The van der Waals surface area contributed by atoms with Crippen LogP contribution in [0.4, 0.5) is 5.69 Å². The summed E-state index contributed by atoms with van der Waals surface area (Å²) in [4.78, 5) is 0. The normalized spacial score (nSPS) is 19.5. The summed E-state index contributed by atoms with van der Waals surface area (Å²) >= 11 is 0. The Bertz CT molecular complexity index is 390. The fourth-order valence-electron chi connectivity index (χ4n) is 1.86. The highest BCUT2D eigenvalue weighted by Crippen LogP contribution is 2.33. The second kappa shape index (κ2) is 2.75. The van der Waals surface area contributed by atoms with Crippen molar-refractivity contribution >= 4 is 5.69 Å². The Balaban J connectivity index is 2.61. The smallest absolute Gasteiger partial charge is 0.0992 e. The molecule has 0 heterocycles. The maximum Gasteiger partial charge on any atom is 0.0992 e. The van der Waals surface area contributed by atoms with Crippen molar-refractivity contribution in [3.05, 3.63) is 28.8 Å². The number of anilines is 1. The lowest BCUT2D eigenvalue weighted by molar-refractivity contribution is 0.713. The summed E-state index contributed by atoms with van der Waals surface area (Å²) in [5.41, 5.74) is 15.2. The molecule has 1 aromatic carbocycles. The maximum absolute atomic E-state index is 8.73. The Morgan fingerprint density at radius 2 is 2.23 bits per heavy atom. The minimum atomic E-state index is 0.0607. The summed E-state index contributed by atoms with van der Waals surface area (Å²) < 4.78 is 0. The lowest BCUT2D eigenvalue weighted by Crippen LogP contribution is -2.06. The van der Waals surface area contributed by atoms with Crippen LogP contribution in [0.5, 0.6) is 0 Å². The molecular formula is C10H11N3. The van der Waals surface area contributed by atoms with E-state index in [-0.39, 0.29) is 6.04 Å². The van der Waals surface area contributed by atoms with Crippen molar-refractivity contribution < 1.29 is 0 Å². The topological polar surface area (TPSA) is 75.8 Å². The highest BCUT2D eigenvalue weighted by atomic mass is 14.7. The molecular weight excluding hydrogens is 162 g/mol. The number of hydrogen-bond acceptors (Lipinski definition) is 3. The van der Waals surface area contributed by atoms with Gasteiger partial charge in [0.15, 0.2) is 0 Å². The van der Waals surface area contributed by atoms with E-state index in [2.05, 4.69) is 6.07 Å². The van der Waals surface area contributed by atoms with E-state index in [9.17, 15) is 0 Å². The number of hydrogen-bond donors (Lipinski definition) is 2. The van der Waals surface area contributed by atoms with E-state index in [4.69, 9.17) is 16.7 Å². The molecule has 1 atom stereocenters. The van der Waals surface area contributed by atoms with Crippen LogP contribution in [0.1, 0.15) is 29.2 Å². The number of rotatable bonds is 0. The summed E-state index contributed by atoms with van der Waals surface area (Å²) in [5, 5.41) is 8.73. The van der Waals surface area contributed by atoms with Gasteiger partial charge in [-0.3, -0.25) is 0 Å². The van der Waals surface area contributed by atoms with Crippen molar-refractivity contribution in [2.24, 2.45) is 5.73 Å². The molecule has 4 N–H and O–H groups in total. The van der Waals surface area contributed by atoms with E-state index in [0.29, 0.717) is 11.3 Å². The van der Waals surface area contributed by atoms with Crippen LogP contribution < -0.4 is 11.5 Å². The van der Waals surface area contributed by atoms with E-state index in [1.807, 2.05) is 6.07 Å². The maximum atomic E-state index is 8.73. The molecule has 0 radical (unpaired) electrons. The van der Waals surface area contributed by atoms with E-state index in [1.54, 1.807) is 6.07 Å². The number of fused-ring (bicyclic) bond motifs is 1. The van der Waals surface area contributed by atoms with Gasteiger partial charge in [-0.1, -0.05) is 0 Å². The standard InChI is InChI=1S/C10H11N3/c11-5-6-3-8-7(10(13)4-6)1-2-9(8)12/h3-4,9H,1-2,12-13H2. The molecule has 0 spiro atoms. The van der Waals surface area contributed by atoms with Crippen molar-refractivity contribution in [3.8, 4) is 6.07 Å². The molecule has 2 rings (SSSR count). The molecule has 0 bridgehead atoms.